The van der Waals surface area contributed by atoms with E-state index in [0.29, 0.717) is 5.56 Å². The van der Waals surface area contributed by atoms with Crippen molar-refractivity contribution in [2.45, 2.75) is 38.5 Å². The maximum atomic E-state index is 11.9. The van der Waals surface area contributed by atoms with Crippen LogP contribution in [0.1, 0.15) is 32.4 Å². The maximum Gasteiger partial charge on any atom is 0.325 e. The van der Waals surface area contributed by atoms with Gasteiger partial charge in [-0.05, 0) is 32.4 Å². The molecule has 1 N–H and O–H groups in total. The topological polar surface area (TPSA) is 101 Å². The van der Waals surface area contributed by atoms with Gasteiger partial charge in [-0.1, -0.05) is 6.07 Å². The number of nitrogens with one attached hydrogen (secondary N) is 1. The van der Waals surface area contributed by atoms with Crippen LogP contribution in [-0.2, 0) is 9.53 Å². The number of benzene rings is 1. The molecule has 0 aromatic heterocycles. The Morgan fingerprint density at radius 3 is 2.57 bits per heavy atom. The molecule has 0 aliphatic carbocycles. The summed E-state index contributed by atoms with van der Waals surface area (Å²) in [6.45, 7) is 5.38. The predicted molar refractivity (Wildman–Crippen MR) is 75.2 cm³/mol. The molecular formula is C14H18N2O5. The van der Waals surface area contributed by atoms with E-state index in [-0.39, 0.29) is 23.4 Å². The lowest BCUT2D eigenvalue weighted by atomic mass is 10.1. The Morgan fingerprint density at radius 2 is 2.05 bits per heavy atom. The number of nitro groups is 1. The molecule has 7 heteroatoms. The Morgan fingerprint density at radius 1 is 1.38 bits per heavy atom. The second-order valence-corrected chi connectivity index (χ2v) is 5.84. The summed E-state index contributed by atoms with van der Waals surface area (Å²) in [5.74, 6) is -0.163. The summed E-state index contributed by atoms with van der Waals surface area (Å²) in [5.41, 5.74) is -0.0114. The van der Waals surface area contributed by atoms with Crippen LogP contribution < -0.4 is 10.1 Å². The third kappa shape index (κ3) is 3.49. The first kappa shape index (κ1) is 15.2. The van der Waals surface area contributed by atoms with Gasteiger partial charge in [-0.25, -0.2) is 0 Å². The second kappa shape index (κ2) is 5.33. The molecule has 1 aromatic rings. The maximum absolute atomic E-state index is 11.9. The summed E-state index contributed by atoms with van der Waals surface area (Å²) >= 11 is 0. The summed E-state index contributed by atoms with van der Waals surface area (Å²) in [6, 6.07) is 3.93. The molecule has 2 rings (SSSR count). The van der Waals surface area contributed by atoms with Gasteiger partial charge in [0.15, 0.2) is 5.75 Å². The van der Waals surface area contributed by atoms with Crippen LogP contribution in [0.25, 0.3) is 0 Å². The van der Waals surface area contributed by atoms with Crippen LogP contribution in [0.2, 0.25) is 0 Å². The van der Waals surface area contributed by atoms with E-state index in [1.165, 1.54) is 19.2 Å². The predicted octanol–water partition coefficient (Wildman–Crippen LogP) is 1.96. The van der Waals surface area contributed by atoms with E-state index in [0.717, 1.165) is 0 Å². The molecule has 1 saturated heterocycles. The van der Waals surface area contributed by atoms with Gasteiger partial charge in [-0.15, -0.1) is 0 Å². The normalized spacial score (nSPS) is 20.8. The number of nitro benzene ring substituents is 1. The summed E-state index contributed by atoms with van der Waals surface area (Å²) in [4.78, 5) is 22.4. The SMILES string of the molecule is COc1ccc(C2NC2C(=O)OC(C)(C)C)cc1[N+](=O)[O-]. The molecule has 114 valence electrons. The number of hydrogen-bond acceptors (Lipinski definition) is 6. The van der Waals surface area contributed by atoms with Crippen molar-refractivity contribution in [3.05, 3.63) is 33.9 Å². The highest BCUT2D eigenvalue weighted by atomic mass is 16.6. The lowest BCUT2D eigenvalue weighted by molar-refractivity contribution is -0.385. The zero-order valence-electron chi connectivity index (χ0n) is 12.4. The number of hydrogen-bond donors (Lipinski definition) is 1. The van der Waals surface area contributed by atoms with E-state index in [1.54, 1.807) is 26.8 Å². The zero-order valence-corrected chi connectivity index (χ0v) is 12.4. The number of ether oxygens (including phenoxy) is 2. The smallest absolute Gasteiger partial charge is 0.325 e. The van der Waals surface area contributed by atoms with Crippen molar-refractivity contribution in [3.63, 3.8) is 0 Å². The third-order valence-corrected chi connectivity index (χ3v) is 3.00. The van der Waals surface area contributed by atoms with Crippen molar-refractivity contribution in [2.75, 3.05) is 7.11 Å². The van der Waals surface area contributed by atoms with Gasteiger partial charge in [0.05, 0.1) is 18.1 Å². The van der Waals surface area contributed by atoms with Gasteiger partial charge in [-0.2, -0.15) is 0 Å². The first-order valence-electron chi connectivity index (χ1n) is 6.54. The number of methoxy groups -OCH3 is 1. The Hall–Kier alpha value is -2.15. The zero-order chi connectivity index (χ0) is 15.8. The molecule has 2 unspecified atom stereocenters. The molecule has 0 radical (unpaired) electrons. The van der Waals surface area contributed by atoms with E-state index in [2.05, 4.69) is 5.32 Å². The molecule has 1 aliphatic rings. The average Bonchev–Trinajstić information content (AvgIpc) is 3.16. The molecule has 1 aliphatic heterocycles. The van der Waals surface area contributed by atoms with Gasteiger partial charge in [0.25, 0.3) is 0 Å². The van der Waals surface area contributed by atoms with Gasteiger partial charge in [0.2, 0.25) is 0 Å². The van der Waals surface area contributed by atoms with Crippen LogP contribution in [0, 0.1) is 10.1 Å². The molecule has 1 aromatic carbocycles. The number of rotatable bonds is 4. The van der Waals surface area contributed by atoms with Crippen LogP contribution in [0.15, 0.2) is 18.2 Å². The highest BCUT2D eigenvalue weighted by Crippen LogP contribution is 2.36. The minimum Gasteiger partial charge on any atom is -0.490 e. The van der Waals surface area contributed by atoms with Crippen molar-refractivity contribution in [1.29, 1.82) is 0 Å². The first-order valence-corrected chi connectivity index (χ1v) is 6.54. The van der Waals surface area contributed by atoms with Gasteiger partial charge >= 0.3 is 11.7 Å². The number of carbonyl (C=O) groups is 1. The van der Waals surface area contributed by atoms with Crippen molar-refractivity contribution >= 4 is 11.7 Å². The largest absolute Gasteiger partial charge is 0.490 e. The number of nitrogens with zero attached hydrogens (tertiary/aromatic N) is 1. The van der Waals surface area contributed by atoms with Gasteiger partial charge in [-0.3, -0.25) is 20.2 Å². The van der Waals surface area contributed by atoms with Crippen molar-refractivity contribution < 1.29 is 19.2 Å². The Kier molecular flexibility index (Phi) is 3.87. The average molecular weight is 294 g/mol. The minimum atomic E-state index is -0.558. The minimum absolute atomic E-state index is 0.119. The summed E-state index contributed by atoms with van der Waals surface area (Å²) in [7, 11) is 1.38. The molecule has 0 bridgehead atoms. The fraction of sp³-hybridized carbons (Fsp3) is 0.500. The lowest BCUT2D eigenvalue weighted by Gasteiger charge is -2.19. The summed E-state index contributed by atoms with van der Waals surface area (Å²) in [5, 5.41) is 14.0. The fourth-order valence-corrected chi connectivity index (χ4v) is 2.04. The molecule has 0 spiro atoms. The number of carbonyl (C=O) groups excluding carboxylic acids is 1. The quantitative estimate of drug-likeness (QED) is 0.394. The van der Waals surface area contributed by atoms with Gasteiger partial charge in [0.1, 0.15) is 11.6 Å². The monoisotopic (exact) mass is 294 g/mol. The molecule has 21 heavy (non-hydrogen) atoms. The third-order valence-electron chi connectivity index (χ3n) is 3.00. The molecule has 7 nitrogen and oxygen atoms in total. The van der Waals surface area contributed by atoms with Crippen LogP contribution in [0.4, 0.5) is 5.69 Å². The molecule has 0 amide bonds. The van der Waals surface area contributed by atoms with E-state index in [1.807, 2.05) is 0 Å². The van der Waals surface area contributed by atoms with Crippen molar-refractivity contribution in [2.24, 2.45) is 0 Å². The molecule has 0 saturated carbocycles. The van der Waals surface area contributed by atoms with Crippen molar-refractivity contribution in [3.8, 4) is 5.75 Å². The van der Waals surface area contributed by atoms with E-state index in [9.17, 15) is 14.9 Å². The van der Waals surface area contributed by atoms with E-state index in [4.69, 9.17) is 9.47 Å². The summed E-state index contributed by atoms with van der Waals surface area (Å²) < 4.78 is 10.2. The van der Waals surface area contributed by atoms with Gasteiger partial charge < -0.3 is 9.47 Å². The number of esters is 1. The molecule has 1 fully saturated rings. The van der Waals surface area contributed by atoms with Crippen LogP contribution in [0.5, 0.6) is 5.75 Å². The Bertz CT molecular complexity index is 579. The highest BCUT2D eigenvalue weighted by Gasteiger charge is 2.46. The van der Waals surface area contributed by atoms with Gasteiger partial charge in [0, 0.05) is 6.07 Å². The molecule has 1 heterocycles. The lowest BCUT2D eigenvalue weighted by Crippen LogP contribution is -2.27. The fourth-order valence-electron chi connectivity index (χ4n) is 2.04. The highest BCUT2D eigenvalue weighted by molar-refractivity contribution is 5.81. The van der Waals surface area contributed by atoms with Crippen molar-refractivity contribution in [1.82, 2.24) is 5.32 Å². The van der Waals surface area contributed by atoms with Crippen LogP contribution in [-0.4, -0.2) is 29.6 Å². The Balaban J connectivity index is 2.13. The van der Waals surface area contributed by atoms with E-state index < -0.39 is 16.6 Å². The summed E-state index contributed by atoms with van der Waals surface area (Å²) in [6.07, 6.45) is 0. The van der Waals surface area contributed by atoms with Crippen LogP contribution >= 0.6 is 0 Å². The van der Waals surface area contributed by atoms with Crippen LogP contribution in [0.3, 0.4) is 0 Å². The molecular weight excluding hydrogens is 276 g/mol. The molecule has 2 atom stereocenters. The van der Waals surface area contributed by atoms with E-state index >= 15 is 0 Å². The Labute approximate surface area is 122 Å². The second-order valence-electron chi connectivity index (χ2n) is 5.84. The first-order chi connectivity index (χ1) is 9.73. The standard InChI is InChI=1S/C14H18N2O5/c1-14(2,3)21-13(17)12-11(15-12)8-5-6-10(20-4)9(7-8)16(18)19/h5-7,11-12,15H,1-4H3.